The molecule has 35 heavy (non-hydrogen) atoms. The van der Waals surface area contributed by atoms with Gasteiger partial charge in [0.05, 0.1) is 24.2 Å². The molecular weight excluding hydrogens is 443 g/mol. The summed E-state index contributed by atoms with van der Waals surface area (Å²) in [6.45, 7) is 5.70. The van der Waals surface area contributed by atoms with Gasteiger partial charge < -0.3 is 19.9 Å². The Bertz CT molecular complexity index is 1340. The van der Waals surface area contributed by atoms with Gasteiger partial charge >= 0.3 is 0 Å². The second-order valence-corrected chi connectivity index (χ2v) is 9.63. The zero-order valence-electron chi connectivity index (χ0n) is 19.7. The van der Waals surface area contributed by atoms with Gasteiger partial charge in [-0.05, 0) is 49.1 Å². The first-order valence-electron chi connectivity index (χ1n) is 12.2. The summed E-state index contributed by atoms with van der Waals surface area (Å²) >= 11 is 0. The lowest BCUT2D eigenvalue weighted by Crippen LogP contribution is -2.34. The lowest BCUT2D eigenvalue weighted by Gasteiger charge is -2.20. The Morgan fingerprint density at radius 1 is 1.17 bits per heavy atom. The Labute approximate surface area is 203 Å². The average molecular weight is 473 g/mol. The molecule has 0 unspecified atom stereocenters. The fourth-order valence-corrected chi connectivity index (χ4v) is 5.13. The Hall–Kier alpha value is -3.49. The van der Waals surface area contributed by atoms with Gasteiger partial charge in [-0.2, -0.15) is 0 Å². The van der Waals surface area contributed by atoms with E-state index in [9.17, 15) is 9.50 Å². The van der Waals surface area contributed by atoms with Crippen molar-refractivity contribution in [1.82, 2.24) is 24.4 Å². The number of hydrogen-bond acceptors (Lipinski definition) is 5. The van der Waals surface area contributed by atoms with Crippen LogP contribution in [0.15, 0.2) is 61.2 Å². The van der Waals surface area contributed by atoms with Crippen molar-refractivity contribution in [2.45, 2.75) is 25.9 Å². The largest absolute Gasteiger partial charge is 0.395 e. The molecule has 0 amide bonds. The van der Waals surface area contributed by atoms with Crippen LogP contribution in [0, 0.1) is 11.7 Å². The molecule has 0 bridgehead atoms. The highest BCUT2D eigenvalue weighted by atomic mass is 19.1. The Morgan fingerprint density at radius 2 is 2.03 bits per heavy atom. The molecule has 6 rings (SSSR count). The predicted octanol–water partition coefficient (Wildman–Crippen LogP) is 3.70. The van der Waals surface area contributed by atoms with Crippen LogP contribution in [0.2, 0.25) is 0 Å². The van der Waals surface area contributed by atoms with E-state index in [0.29, 0.717) is 12.5 Å². The topological polar surface area (TPSA) is 71.1 Å². The van der Waals surface area contributed by atoms with Crippen LogP contribution in [0.1, 0.15) is 18.9 Å². The minimum absolute atomic E-state index is 0.120. The molecule has 2 atom stereocenters. The molecule has 1 fully saturated rings. The summed E-state index contributed by atoms with van der Waals surface area (Å²) in [7, 11) is 0. The smallest absolute Gasteiger partial charge is 0.161 e. The fourth-order valence-electron chi connectivity index (χ4n) is 5.13. The average Bonchev–Trinajstić information content (AvgIpc) is 3.62. The monoisotopic (exact) mass is 472 g/mol. The number of fused-ring (bicyclic) bond motifs is 5. The summed E-state index contributed by atoms with van der Waals surface area (Å²) in [6.07, 6.45) is 8.99. The molecule has 1 aromatic carbocycles. The van der Waals surface area contributed by atoms with E-state index < -0.39 is 0 Å². The van der Waals surface area contributed by atoms with Crippen molar-refractivity contribution in [2.24, 2.45) is 5.92 Å². The number of hydrogen-bond donors (Lipinski definition) is 2. The third-order valence-electron chi connectivity index (χ3n) is 7.13. The molecule has 0 radical (unpaired) electrons. The second kappa shape index (κ2) is 8.94. The first-order chi connectivity index (χ1) is 17.1. The number of pyridine rings is 1. The summed E-state index contributed by atoms with van der Waals surface area (Å²) in [4.78, 5) is 11.8. The zero-order valence-corrected chi connectivity index (χ0v) is 19.7. The maximum absolute atomic E-state index is 13.4. The van der Waals surface area contributed by atoms with Crippen LogP contribution in [-0.2, 0) is 6.54 Å². The fraction of sp³-hybridized carbons (Fsp3) is 0.333. The normalized spacial score (nSPS) is 17.6. The molecule has 2 aliphatic heterocycles. The van der Waals surface area contributed by atoms with Crippen LogP contribution in [0.4, 0.5) is 10.2 Å². The third kappa shape index (κ3) is 4.13. The van der Waals surface area contributed by atoms with Crippen molar-refractivity contribution in [1.29, 1.82) is 0 Å². The van der Waals surface area contributed by atoms with Gasteiger partial charge in [-0.1, -0.05) is 12.1 Å². The van der Waals surface area contributed by atoms with Crippen LogP contribution >= 0.6 is 0 Å². The number of aliphatic hydroxyl groups excluding tert-OH is 1. The number of benzene rings is 1. The quantitative estimate of drug-likeness (QED) is 0.394. The van der Waals surface area contributed by atoms with E-state index in [2.05, 4.69) is 42.7 Å². The summed E-state index contributed by atoms with van der Waals surface area (Å²) < 4.78 is 17.8. The number of nitrogens with one attached hydrogen (secondary N) is 1. The third-order valence-corrected chi connectivity index (χ3v) is 7.13. The number of aromatic nitrogens is 4. The first-order valence-corrected chi connectivity index (χ1v) is 12.2. The van der Waals surface area contributed by atoms with E-state index in [0.717, 1.165) is 60.2 Å². The van der Waals surface area contributed by atoms with Gasteiger partial charge in [-0.15, -0.1) is 0 Å². The summed E-state index contributed by atoms with van der Waals surface area (Å²) in [5.74, 6) is 2.18. The van der Waals surface area contributed by atoms with Gasteiger partial charge in [-0.25, -0.2) is 14.4 Å². The first kappa shape index (κ1) is 22.0. The number of nitrogens with zero attached hydrogens (tertiary/aromatic N) is 5. The summed E-state index contributed by atoms with van der Waals surface area (Å²) in [5.41, 5.74) is 5.27. The zero-order chi connectivity index (χ0) is 23.9. The molecule has 0 spiro atoms. The molecule has 2 aliphatic rings. The molecule has 4 aromatic rings. The molecule has 180 valence electrons. The molecular formula is C27H29FN6O. The van der Waals surface area contributed by atoms with Crippen LogP contribution < -0.4 is 10.2 Å². The molecule has 5 heterocycles. The number of halogens is 1. The van der Waals surface area contributed by atoms with E-state index in [4.69, 9.17) is 4.98 Å². The number of aliphatic hydroxyl groups is 1. The van der Waals surface area contributed by atoms with Crippen molar-refractivity contribution < 1.29 is 9.50 Å². The van der Waals surface area contributed by atoms with E-state index >= 15 is 0 Å². The number of rotatable bonds is 6. The van der Waals surface area contributed by atoms with Gasteiger partial charge in [0.15, 0.2) is 5.82 Å². The highest BCUT2D eigenvalue weighted by Crippen LogP contribution is 2.35. The van der Waals surface area contributed by atoms with E-state index in [1.54, 1.807) is 0 Å². The van der Waals surface area contributed by atoms with Gasteiger partial charge in [0.25, 0.3) is 0 Å². The van der Waals surface area contributed by atoms with Crippen molar-refractivity contribution in [2.75, 3.05) is 31.1 Å². The molecule has 7 nitrogen and oxygen atoms in total. The van der Waals surface area contributed by atoms with Gasteiger partial charge in [0, 0.05) is 61.9 Å². The van der Waals surface area contributed by atoms with Crippen molar-refractivity contribution in [3.63, 3.8) is 0 Å². The van der Waals surface area contributed by atoms with Gasteiger partial charge in [0.1, 0.15) is 11.6 Å². The molecule has 2 N–H and O–H groups in total. The van der Waals surface area contributed by atoms with E-state index in [1.807, 2.05) is 37.6 Å². The van der Waals surface area contributed by atoms with Crippen LogP contribution in [0.25, 0.3) is 28.3 Å². The Kier molecular flexibility index (Phi) is 5.62. The molecule has 0 aliphatic carbocycles. The minimum atomic E-state index is -0.234. The van der Waals surface area contributed by atoms with Gasteiger partial charge in [0.2, 0.25) is 0 Å². The predicted molar refractivity (Wildman–Crippen MR) is 134 cm³/mol. The molecule has 8 heteroatoms. The standard InChI is InChI=1S/C27H29FN6O/c1-18(17-35)30-12-19-6-8-32(14-19)26-11-22-16-33-15-21(20-2-4-23(28)5-3-20)10-24(33)27-29-7-9-34(27)25(22)13-31-26/h2-5,7,9-11,13,15,18-19,30,35H,6,8,12,14,16-17H2,1H3/t18-,19-/m1/s1. The van der Waals surface area contributed by atoms with Crippen molar-refractivity contribution >= 4 is 5.82 Å². The molecule has 3 aromatic heterocycles. The highest BCUT2D eigenvalue weighted by Gasteiger charge is 2.26. The van der Waals surface area contributed by atoms with E-state index in [1.165, 1.54) is 17.7 Å². The van der Waals surface area contributed by atoms with Crippen LogP contribution in [-0.4, -0.2) is 56.5 Å². The maximum atomic E-state index is 13.4. The van der Waals surface area contributed by atoms with Crippen molar-refractivity contribution in [3.8, 4) is 28.3 Å². The minimum Gasteiger partial charge on any atom is -0.395 e. The Morgan fingerprint density at radius 3 is 2.86 bits per heavy atom. The second-order valence-electron chi connectivity index (χ2n) is 9.63. The molecule has 0 saturated carbocycles. The Balaban J connectivity index is 1.30. The lowest BCUT2D eigenvalue weighted by atomic mass is 10.1. The molecule has 1 saturated heterocycles. The lowest BCUT2D eigenvalue weighted by molar-refractivity contribution is 0.247. The summed E-state index contributed by atoms with van der Waals surface area (Å²) in [5, 5.41) is 12.7. The highest BCUT2D eigenvalue weighted by molar-refractivity contribution is 5.71. The number of imidazole rings is 1. The van der Waals surface area contributed by atoms with Crippen molar-refractivity contribution in [3.05, 3.63) is 72.6 Å². The van der Waals surface area contributed by atoms with Gasteiger partial charge in [-0.3, -0.25) is 4.57 Å². The number of anilines is 1. The van der Waals surface area contributed by atoms with Crippen LogP contribution in [0.5, 0.6) is 0 Å². The van der Waals surface area contributed by atoms with E-state index in [-0.39, 0.29) is 18.5 Å². The van der Waals surface area contributed by atoms with Crippen LogP contribution in [0.3, 0.4) is 0 Å². The SMILES string of the molecule is C[C@H](CO)NC[C@H]1CCN(c2cc3c(cn2)-n2ccnc2-c2cc(-c4ccc(F)cc4)cn2C3)C1. The summed E-state index contributed by atoms with van der Waals surface area (Å²) in [6, 6.07) is 11.1. The maximum Gasteiger partial charge on any atom is 0.161 e.